The van der Waals surface area contributed by atoms with Crippen molar-refractivity contribution >= 4 is 99.4 Å². The van der Waals surface area contributed by atoms with E-state index in [1.165, 1.54) is 6.07 Å². The van der Waals surface area contributed by atoms with E-state index in [1.54, 1.807) is 50.7 Å². The third-order valence-electron chi connectivity index (χ3n) is 11.9. The van der Waals surface area contributed by atoms with Crippen LogP contribution in [-0.2, 0) is 11.2 Å². The lowest BCUT2D eigenvalue weighted by Gasteiger charge is -2.45. The molecular weight excluding hydrogens is 1050 g/mol. The van der Waals surface area contributed by atoms with Crippen LogP contribution in [-0.4, -0.2) is 96.8 Å². The molecular formula is C52H59Cl7N6O4Si. The van der Waals surface area contributed by atoms with Crippen LogP contribution in [0.1, 0.15) is 48.2 Å². The lowest BCUT2D eigenvalue weighted by molar-refractivity contribution is 0.00963. The molecule has 4 atom stereocenters. The van der Waals surface area contributed by atoms with Gasteiger partial charge in [0.05, 0.1) is 40.6 Å². The largest absolute Gasteiger partial charge is 0.481 e. The smallest absolute Gasteiger partial charge is 0.247 e. The van der Waals surface area contributed by atoms with Crippen LogP contribution in [0, 0.1) is 0 Å². The van der Waals surface area contributed by atoms with Crippen molar-refractivity contribution in [2.24, 2.45) is 0 Å². The van der Waals surface area contributed by atoms with E-state index in [-0.39, 0.29) is 17.6 Å². The number of ether oxygens (including phenoxy) is 1. The maximum Gasteiger partial charge on any atom is 0.247 e. The number of hydrogen-bond acceptors (Lipinski definition) is 9. The van der Waals surface area contributed by atoms with Gasteiger partial charge < -0.3 is 29.7 Å². The van der Waals surface area contributed by atoms with E-state index >= 15 is 0 Å². The van der Waals surface area contributed by atoms with E-state index in [0.717, 1.165) is 54.2 Å². The van der Waals surface area contributed by atoms with Crippen LogP contribution in [0.3, 0.4) is 0 Å². The van der Waals surface area contributed by atoms with Crippen molar-refractivity contribution in [3.63, 3.8) is 0 Å². The minimum Gasteiger partial charge on any atom is -0.481 e. The molecule has 0 spiro atoms. The van der Waals surface area contributed by atoms with E-state index in [0.29, 0.717) is 67.8 Å². The summed E-state index contributed by atoms with van der Waals surface area (Å²) >= 11 is 43.3. The number of piperazine rings is 2. The monoisotopic (exact) mass is 1100 g/mol. The molecule has 10 nitrogen and oxygen atoms in total. The number of anilines is 2. The first-order valence-electron chi connectivity index (χ1n) is 22.7. The van der Waals surface area contributed by atoms with Crippen molar-refractivity contribution in [3.05, 3.63) is 184 Å². The van der Waals surface area contributed by atoms with E-state index in [4.69, 9.17) is 85.4 Å². The van der Waals surface area contributed by atoms with E-state index < -0.39 is 18.6 Å². The van der Waals surface area contributed by atoms with E-state index in [2.05, 4.69) is 49.2 Å². The van der Waals surface area contributed by atoms with E-state index in [1.807, 2.05) is 85.8 Å². The Bertz CT molecular complexity index is 2680. The Balaban J connectivity index is 0.000000210. The third-order valence-corrected chi connectivity index (χ3v) is 13.5. The summed E-state index contributed by atoms with van der Waals surface area (Å²) in [4.78, 5) is 27.4. The highest BCUT2D eigenvalue weighted by Gasteiger charge is 2.36. The van der Waals surface area contributed by atoms with Crippen molar-refractivity contribution in [2.45, 2.75) is 56.8 Å². The quantitative estimate of drug-likeness (QED) is 0.0863. The number of halogens is 7. The maximum absolute atomic E-state index is 11.4. The standard InChI is InChI=1S/C25H26Cl3N3O2.C24H24Cl3N3O2.C3H9ClSi/c1-25(32,18-5-10-24(33-2)29-14-18)16-30-11-12-31(22-9-8-20(27)13-21(22)28)23(15-30)17-3-6-19(26)7-4-17;1-24(32,17-4-9-23(31)28-13-17)15-29-10-11-30(21-8-7-19(26)12-20(21)27)22(14-29)16-2-5-18(25)6-3-16;1-5(2,3)4/h3-10,13-14,23,32H,11-12,15-16H2,1-2H3;2-9,12-13,22,32H,10-11,14-15H2,1H3,(H,28,31);1-3H3/t23-,25+;22-,24+;/m00./s1. The summed E-state index contributed by atoms with van der Waals surface area (Å²) < 4.78 is 5.14. The molecule has 4 aromatic carbocycles. The first-order chi connectivity index (χ1) is 33.0. The van der Waals surface area contributed by atoms with Gasteiger partial charge in [0.15, 0.2) is 0 Å². The molecule has 0 saturated carbocycles. The molecule has 0 radical (unpaired) electrons. The lowest BCUT2D eigenvalue weighted by Crippen LogP contribution is -2.52. The second-order valence-corrected chi connectivity index (χ2v) is 28.9. The van der Waals surface area contributed by atoms with Crippen molar-refractivity contribution in [1.82, 2.24) is 19.8 Å². The molecule has 70 heavy (non-hydrogen) atoms. The molecule has 2 aliphatic rings. The predicted octanol–water partition coefficient (Wildman–Crippen LogP) is 13.0. The molecule has 0 aliphatic carbocycles. The Morgan fingerprint density at radius 1 is 0.629 bits per heavy atom. The Morgan fingerprint density at radius 2 is 1.04 bits per heavy atom. The molecule has 2 fully saturated rings. The first-order valence-corrected chi connectivity index (χ1v) is 29.5. The molecule has 374 valence electrons. The zero-order valence-corrected chi connectivity index (χ0v) is 46.2. The molecule has 6 aromatic rings. The molecule has 0 amide bonds. The van der Waals surface area contributed by atoms with Gasteiger partial charge in [0.2, 0.25) is 11.4 Å². The summed E-state index contributed by atoms with van der Waals surface area (Å²) in [5, 5.41) is 26.2. The summed E-state index contributed by atoms with van der Waals surface area (Å²) in [5.74, 6) is 0.519. The minimum absolute atomic E-state index is 0.00562. The molecule has 0 bridgehead atoms. The lowest BCUT2D eigenvalue weighted by atomic mass is 9.95. The third kappa shape index (κ3) is 15.7. The average Bonchev–Trinajstić information content (AvgIpc) is 3.29. The van der Waals surface area contributed by atoms with Gasteiger partial charge in [0.25, 0.3) is 0 Å². The molecule has 2 saturated heterocycles. The van der Waals surface area contributed by atoms with Crippen LogP contribution < -0.4 is 20.1 Å². The Kier molecular flexibility index (Phi) is 19.5. The number of benzene rings is 4. The number of nitrogens with one attached hydrogen (secondary N) is 1. The predicted molar refractivity (Wildman–Crippen MR) is 295 cm³/mol. The molecule has 2 aromatic heterocycles. The fourth-order valence-electron chi connectivity index (χ4n) is 8.53. The van der Waals surface area contributed by atoms with Crippen LogP contribution >= 0.6 is 80.7 Å². The summed E-state index contributed by atoms with van der Waals surface area (Å²) in [6.45, 7) is 15.1. The van der Waals surface area contributed by atoms with Gasteiger partial charge in [-0.05, 0) is 97.8 Å². The molecule has 18 heteroatoms. The van der Waals surface area contributed by atoms with Crippen molar-refractivity contribution < 1.29 is 14.9 Å². The van der Waals surface area contributed by atoms with Crippen molar-refractivity contribution in [1.29, 1.82) is 0 Å². The Morgan fingerprint density at radius 3 is 1.41 bits per heavy atom. The number of β-amino-alcohol motifs (C(OH)–C–C–N with tert-alkyl or cyclic N) is 2. The first kappa shape index (κ1) is 55.8. The van der Waals surface area contributed by atoms with Gasteiger partial charge in [-0.1, -0.05) is 114 Å². The second-order valence-electron chi connectivity index (χ2n) is 18.8. The van der Waals surface area contributed by atoms with Crippen LogP contribution in [0.25, 0.3) is 0 Å². The van der Waals surface area contributed by atoms with Gasteiger partial charge in [-0.2, -0.15) is 11.1 Å². The fraction of sp³-hybridized carbons (Fsp3) is 0.346. The zero-order valence-electron chi connectivity index (χ0n) is 40.0. The number of pyridine rings is 2. The zero-order chi connectivity index (χ0) is 51.0. The maximum atomic E-state index is 11.4. The topological polar surface area (TPSA) is 108 Å². The number of hydrogen-bond donors (Lipinski definition) is 3. The van der Waals surface area contributed by atoms with E-state index in [9.17, 15) is 15.0 Å². The van der Waals surface area contributed by atoms with Gasteiger partial charge >= 0.3 is 0 Å². The number of methoxy groups -OCH3 is 1. The van der Waals surface area contributed by atoms with Crippen LogP contribution in [0.2, 0.25) is 49.8 Å². The van der Waals surface area contributed by atoms with Gasteiger partial charge in [-0.3, -0.25) is 14.6 Å². The van der Waals surface area contributed by atoms with Gasteiger partial charge in [0, 0.05) is 108 Å². The Hall–Kier alpha value is -3.53. The number of rotatable bonds is 11. The minimum atomic E-state index is -1.14. The van der Waals surface area contributed by atoms with Crippen molar-refractivity contribution in [3.8, 4) is 5.88 Å². The van der Waals surface area contributed by atoms with Crippen LogP contribution in [0.4, 0.5) is 11.4 Å². The fourth-order valence-corrected chi connectivity index (χ4v) is 9.82. The molecule has 8 rings (SSSR count). The Labute approximate surface area is 447 Å². The second kappa shape index (κ2) is 24.5. The average molecular weight is 1110 g/mol. The van der Waals surface area contributed by atoms with Crippen LogP contribution in [0.15, 0.2) is 126 Å². The van der Waals surface area contributed by atoms with Crippen molar-refractivity contribution in [2.75, 3.05) is 69.3 Å². The normalized spacial score (nSPS) is 18.4. The van der Waals surface area contributed by atoms with Gasteiger partial charge in [-0.15, -0.1) is 0 Å². The van der Waals surface area contributed by atoms with Gasteiger partial charge in [0.1, 0.15) is 18.6 Å². The van der Waals surface area contributed by atoms with Crippen LogP contribution in [0.5, 0.6) is 5.88 Å². The summed E-state index contributed by atoms with van der Waals surface area (Å²) in [6, 6.07) is 33.6. The molecule has 0 unspecified atom stereocenters. The molecule has 3 N–H and O–H groups in total. The molecule has 2 aliphatic heterocycles. The summed E-state index contributed by atoms with van der Waals surface area (Å²) in [6.07, 6.45) is 3.24. The highest BCUT2D eigenvalue weighted by molar-refractivity contribution is 7.18. The number of nitrogens with zero attached hydrogens (tertiary/aromatic N) is 5. The van der Waals surface area contributed by atoms with Gasteiger partial charge in [-0.25, -0.2) is 4.98 Å². The number of aromatic amines is 1. The highest BCUT2D eigenvalue weighted by Crippen LogP contribution is 2.39. The summed E-state index contributed by atoms with van der Waals surface area (Å²) in [7, 11) is 0.434. The number of aliphatic hydroxyl groups is 2. The number of aromatic nitrogens is 2. The summed E-state index contributed by atoms with van der Waals surface area (Å²) in [5.41, 5.74) is 3.13. The number of H-pyrrole nitrogens is 1. The SMILES string of the molecule is COc1ccc([C@](C)(O)CN2CCN(c3ccc(Cl)cc3Cl)[C@H](c3ccc(Cl)cc3)C2)cn1.C[C@@](O)(CN1CCN(c2ccc(Cl)cc2Cl)[C@H](c2ccc(Cl)cc2)C1)c1ccc(=O)[nH]c1.C[Si](C)(C)Cl. The molecule has 4 heterocycles. The highest BCUT2D eigenvalue weighted by atomic mass is 35.6.